The Labute approximate surface area is 541 Å². The van der Waals surface area contributed by atoms with Crippen LogP contribution in [0.15, 0.2) is 291 Å². The fourth-order valence-corrected chi connectivity index (χ4v) is 11.4. The molecule has 0 bridgehead atoms. The maximum Gasteiger partial charge on any atom is 0.328 e. The second-order valence-corrected chi connectivity index (χ2v) is 22.0. The van der Waals surface area contributed by atoms with Crippen LogP contribution in [0, 0.1) is 0 Å². The first kappa shape index (κ1) is 64.3. The number of benzene rings is 10. The van der Waals surface area contributed by atoms with Crippen molar-refractivity contribution >= 4 is 58.6 Å². The first-order valence-corrected chi connectivity index (χ1v) is 29.8. The molecule has 94 heavy (non-hydrogen) atoms. The second kappa shape index (κ2) is 30.2. The lowest BCUT2D eigenvalue weighted by Gasteiger charge is -2.24. The zero-order valence-electron chi connectivity index (χ0n) is 50.3. The first-order valence-electron chi connectivity index (χ1n) is 29.8. The molecule has 0 fully saturated rings. The number of amides is 2. The van der Waals surface area contributed by atoms with Crippen molar-refractivity contribution in [2.75, 3.05) is 10.6 Å². The highest BCUT2D eigenvalue weighted by atomic mass is 16.4. The number of hydrogen-bond acceptors (Lipinski definition) is 8. The van der Waals surface area contributed by atoms with Crippen LogP contribution in [0.5, 0.6) is 0 Å². The number of aliphatic carboxylic acids is 4. The van der Waals surface area contributed by atoms with Gasteiger partial charge in [0.25, 0.3) is 0 Å². The Bertz CT molecular complexity index is 4070. The molecule has 0 atom stereocenters. The maximum atomic E-state index is 13.3. The molecule has 0 saturated heterocycles. The van der Waals surface area contributed by atoms with Crippen molar-refractivity contribution in [2.24, 2.45) is 0 Å². The third-order valence-electron chi connectivity index (χ3n) is 15.7. The average Bonchev–Trinajstić information content (AvgIpc) is 0.792. The van der Waals surface area contributed by atoms with Gasteiger partial charge in [0.2, 0.25) is 11.8 Å². The summed E-state index contributed by atoms with van der Waals surface area (Å²) < 4.78 is 0. The van der Waals surface area contributed by atoms with Crippen molar-refractivity contribution < 1.29 is 58.8 Å². The highest BCUT2D eigenvalue weighted by Crippen LogP contribution is 2.43. The van der Waals surface area contributed by atoms with Crippen LogP contribution < -0.4 is 10.6 Å². The van der Waals surface area contributed by atoms with Crippen molar-refractivity contribution in [1.82, 2.24) is 0 Å². The minimum Gasteiger partial charge on any atom is -0.478 e. The van der Waals surface area contributed by atoms with E-state index in [1.165, 1.54) is 0 Å². The summed E-state index contributed by atoms with van der Waals surface area (Å²) in [6, 6.07) is 77.7. The van der Waals surface area contributed by atoms with Gasteiger partial charge >= 0.3 is 23.9 Å². The first-order chi connectivity index (χ1) is 45.5. The topological polar surface area (TPSA) is 242 Å². The highest BCUT2D eigenvalue weighted by molar-refractivity contribution is 6.06. The number of carboxylic acids is 4. The Morgan fingerprint density at radius 1 is 0.277 bits per heavy atom. The fraction of sp³-hybridized carbons (Fsp3) is 0.0500. The van der Waals surface area contributed by atoms with E-state index in [2.05, 4.69) is 34.9 Å². The van der Waals surface area contributed by atoms with Gasteiger partial charge in [0.15, 0.2) is 11.6 Å². The molecular formula is C80H60N2O12. The number of carbonyl (C=O) groups excluding carboxylic acids is 4. The van der Waals surface area contributed by atoms with Gasteiger partial charge in [-0.05, 0) is 138 Å². The fourth-order valence-electron chi connectivity index (χ4n) is 11.4. The van der Waals surface area contributed by atoms with Crippen LogP contribution in [0.3, 0.4) is 0 Å². The van der Waals surface area contributed by atoms with E-state index in [0.29, 0.717) is 33.6 Å². The molecule has 0 aliphatic carbocycles. The van der Waals surface area contributed by atoms with Crippen LogP contribution >= 0.6 is 0 Å². The van der Waals surface area contributed by atoms with Gasteiger partial charge in [0, 0.05) is 83.6 Å². The van der Waals surface area contributed by atoms with Crippen LogP contribution in [0.4, 0.5) is 11.4 Å². The van der Waals surface area contributed by atoms with E-state index in [4.69, 9.17) is 0 Å². The molecule has 0 spiro atoms. The summed E-state index contributed by atoms with van der Waals surface area (Å²) in [4.78, 5) is 98.3. The van der Waals surface area contributed by atoms with Crippen molar-refractivity contribution in [2.45, 2.75) is 24.7 Å². The number of hydrogen-bond donors (Lipinski definition) is 6. The molecule has 10 rings (SSSR count). The molecule has 14 nitrogen and oxygen atoms in total. The Hall–Kier alpha value is -12.7. The van der Waals surface area contributed by atoms with E-state index >= 15 is 0 Å². The van der Waals surface area contributed by atoms with E-state index in [0.717, 1.165) is 126 Å². The average molecular weight is 1240 g/mol. The molecule has 0 aliphatic rings. The Morgan fingerprint density at radius 2 is 0.543 bits per heavy atom. The number of ketones is 2. The van der Waals surface area contributed by atoms with Crippen molar-refractivity contribution in [3.63, 3.8) is 0 Å². The maximum absolute atomic E-state index is 13.3. The van der Waals surface area contributed by atoms with Gasteiger partial charge in [-0.15, -0.1) is 0 Å². The summed E-state index contributed by atoms with van der Waals surface area (Å²) in [5, 5.41) is 42.9. The lowest BCUT2D eigenvalue weighted by atomic mass is 9.80. The monoisotopic (exact) mass is 1240 g/mol. The zero-order chi connectivity index (χ0) is 66.1. The summed E-state index contributed by atoms with van der Waals surface area (Å²) in [5.41, 5.74) is 15.3. The molecule has 0 unspecified atom stereocenters. The number of anilines is 2. The molecule has 6 N–H and O–H groups in total. The zero-order valence-corrected chi connectivity index (χ0v) is 50.3. The minimum atomic E-state index is -1.27. The van der Waals surface area contributed by atoms with E-state index in [9.17, 15) is 58.8 Å². The summed E-state index contributed by atoms with van der Waals surface area (Å²) in [6.45, 7) is 0. The molecule has 14 heteroatoms. The number of allylic oxidation sites excluding steroid dienone is 2. The largest absolute Gasteiger partial charge is 0.478 e. The molecular weight excluding hydrogens is 1180 g/mol. The lowest BCUT2D eigenvalue weighted by molar-refractivity contribution is -0.132. The molecule has 0 saturated carbocycles. The van der Waals surface area contributed by atoms with Gasteiger partial charge < -0.3 is 31.1 Å². The van der Waals surface area contributed by atoms with Gasteiger partial charge in [-0.1, -0.05) is 206 Å². The van der Waals surface area contributed by atoms with Crippen LogP contribution in [0.1, 0.15) is 56.3 Å². The van der Waals surface area contributed by atoms with E-state index in [-0.39, 0.29) is 24.4 Å². The van der Waals surface area contributed by atoms with Crippen molar-refractivity contribution in [1.29, 1.82) is 0 Å². The summed E-state index contributed by atoms with van der Waals surface area (Å²) in [5.74, 6) is -7.99. The Kier molecular flexibility index (Phi) is 20.7. The number of carboxylic acid groups (broad SMARTS) is 4. The Morgan fingerprint density at radius 3 is 0.851 bits per heavy atom. The van der Waals surface area contributed by atoms with E-state index < -0.39 is 47.5 Å². The van der Waals surface area contributed by atoms with E-state index in [1.807, 2.05) is 206 Å². The predicted octanol–water partition coefficient (Wildman–Crippen LogP) is 15.0. The summed E-state index contributed by atoms with van der Waals surface area (Å²) in [7, 11) is 0. The smallest absolute Gasteiger partial charge is 0.328 e. The van der Waals surface area contributed by atoms with Gasteiger partial charge in [-0.25, -0.2) is 19.2 Å². The van der Waals surface area contributed by atoms with Crippen LogP contribution in [0.25, 0.3) is 55.6 Å². The minimum absolute atomic E-state index is 0.0587. The molecule has 0 aliphatic heterocycles. The quantitative estimate of drug-likeness (QED) is 0.0231. The highest BCUT2D eigenvalue weighted by Gasteiger charge is 2.25. The normalized spacial score (nSPS) is 11.4. The summed E-state index contributed by atoms with van der Waals surface area (Å²) in [6.07, 6.45) is 7.10. The third-order valence-corrected chi connectivity index (χ3v) is 15.7. The van der Waals surface area contributed by atoms with Gasteiger partial charge in [-0.3, -0.25) is 19.2 Å². The van der Waals surface area contributed by atoms with Gasteiger partial charge in [0.1, 0.15) is 0 Å². The molecule has 0 heterocycles. The molecule has 0 radical (unpaired) electrons. The molecule has 10 aromatic carbocycles. The number of rotatable bonds is 25. The SMILES string of the molecule is O=C(O)/C=C/C(=O)Cc1ccc(C(c2ccc(-c3ccc(C(c4ccc(NC(=O)/C=C/C(=O)O)c(-c5ccccc5)c4)c4ccc(NC(=O)/C=C/C(=O)O)c(-c5ccccc5)c4)cc3)cc2)c2ccc(CC(=O)/C=C/C(=O)O)c(-c3ccccc3)c2)cc1-c1ccccc1. The van der Waals surface area contributed by atoms with Crippen molar-refractivity contribution in [3.8, 4) is 55.6 Å². The second-order valence-electron chi connectivity index (χ2n) is 22.0. The molecule has 10 aromatic rings. The molecule has 462 valence electrons. The number of nitrogens with one attached hydrogen (secondary N) is 2. The molecule has 2 amide bonds. The van der Waals surface area contributed by atoms with Gasteiger partial charge in [-0.2, -0.15) is 0 Å². The molecule has 0 aromatic heterocycles. The standard InChI is InChI=1S/C80H60N2O12/c83-65(35-41-75(87)88)45-59-29-31-61(47-67(59)53-13-5-1-6-14-53)79(62-32-30-60(46-66(84)36-42-76(89)90)68(48-62)54-15-7-2-8-16-54)57-25-21-51(22-26-57)52-23-27-58(28-24-52)80(63-33-37-71(81-73(85)39-43-77(91)92)69(49-63)55-17-9-3-10-18-55)64-34-38-72(82-74(86)40-44-78(93)94)70(50-64)56-19-11-4-12-20-56/h1-44,47-50,79-80H,45-46H2,(H,81,85)(H,82,86)(H,87,88)(H,89,90)(H,91,92)(H,93,94)/b41-35+,42-36+,43-39+,44-40+. The van der Waals surface area contributed by atoms with E-state index in [1.54, 1.807) is 12.1 Å². The van der Waals surface area contributed by atoms with Crippen LogP contribution in [-0.4, -0.2) is 67.7 Å². The predicted molar refractivity (Wildman–Crippen MR) is 363 cm³/mol. The van der Waals surface area contributed by atoms with Crippen LogP contribution in [0.2, 0.25) is 0 Å². The van der Waals surface area contributed by atoms with Crippen molar-refractivity contribution in [3.05, 3.63) is 336 Å². The number of carbonyl (C=O) groups is 8. The Balaban J connectivity index is 1.09. The van der Waals surface area contributed by atoms with Gasteiger partial charge in [0.05, 0.1) is 0 Å². The lowest BCUT2D eigenvalue weighted by Crippen LogP contribution is -2.12. The summed E-state index contributed by atoms with van der Waals surface area (Å²) >= 11 is 0. The third kappa shape index (κ3) is 16.6. The van der Waals surface area contributed by atoms with Crippen LogP contribution in [-0.2, 0) is 51.2 Å².